The monoisotopic (exact) mass is 308 g/mol. The SMILES string of the molecule is CCc1ccccc1CNS(=O)(=O)c1n[nH]c(C)c1CN. The van der Waals surface area contributed by atoms with Crippen LogP contribution in [0.3, 0.4) is 0 Å². The topological polar surface area (TPSA) is 101 Å². The van der Waals surface area contributed by atoms with Crippen LogP contribution in [0.5, 0.6) is 0 Å². The van der Waals surface area contributed by atoms with Crippen LogP contribution in [0.4, 0.5) is 0 Å². The molecule has 0 aliphatic rings. The van der Waals surface area contributed by atoms with Crippen molar-refractivity contribution >= 4 is 10.0 Å². The summed E-state index contributed by atoms with van der Waals surface area (Å²) in [7, 11) is -3.68. The van der Waals surface area contributed by atoms with Gasteiger partial charge in [0, 0.05) is 24.3 Å². The van der Waals surface area contributed by atoms with E-state index in [1.165, 1.54) is 0 Å². The van der Waals surface area contributed by atoms with E-state index in [1.54, 1.807) is 6.92 Å². The molecular weight excluding hydrogens is 288 g/mol. The molecule has 114 valence electrons. The number of hydrogen-bond acceptors (Lipinski definition) is 4. The van der Waals surface area contributed by atoms with Crippen LogP contribution in [0.15, 0.2) is 29.3 Å². The maximum absolute atomic E-state index is 12.3. The number of aromatic amines is 1. The van der Waals surface area contributed by atoms with E-state index in [0.29, 0.717) is 11.3 Å². The molecule has 0 saturated carbocycles. The van der Waals surface area contributed by atoms with Gasteiger partial charge in [0.2, 0.25) is 0 Å². The standard InChI is InChI=1S/C14H20N4O2S/c1-3-11-6-4-5-7-12(11)9-16-21(19,20)14-13(8-15)10(2)17-18-14/h4-7,16H,3,8-9,15H2,1-2H3,(H,17,18). The fraction of sp³-hybridized carbons (Fsp3) is 0.357. The molecule has 6 nitrogen and oxygen atoms in total. The molecule has 21 heavy (non-hydrogen) atoms. The number of nitrogens with zero attached hydrogens (tertiary/aromatic N) is 1. The molecule has 4 N–H and O–H groups in total. The molecule has 0 saturated heterocycles. The predicted molar refractivity (Wildman–Crippen MR) is 81.1 cm³/mol. The average Bonchev–Trinajstić information content (AvgIpc) is 2.87. The summed E-state index contributed by atoms with van der Waals surface area (Å²) >= 11 is 0. The van der Waals surface area contributed by atoms with Crippen molar-refractivity contribution in [3.63, 3.8) is 0 Å². The number of hydrogen-bond donors (Lipinski definition) is 3. The average molecular weight is 308 g/mol. The molecule has 1 heterocycles. The molecule has 1 aromatic carbocycles. The van der Waals surface area contributed by atoms with E-state index < -0.39 is 10.0 Å². The van der Waals surface area contributed by atoms with Crippen molar-refractivity contribution in [1.29, 1.82) is 0 Å². The summed E-state index contributed by atoms with van der Waals surface area (Å²) in [6.07, 6.45) is 0.855. The predicted octanol–water partition coefficient (Wildman–Crippen LogP) is 1.22. The Morgan fingerprint density at radius 1 is 1.29 bits per heavy atom. The smallest absolute Gasteiger partial charge is 0.260 e. The highest BCUT2D eigenvalue weighted by Gasteiger charge is 2.22. The highest BCUT2D eigenvalue weighted by atomic mass is 32.2. The molecule has 0 fully saturated rings. The lowest BCUT2D eigenvalue weighted by Crippen LogP contribution is -2.25. The third-order valence-corrected chi connectivity index (χ3v) is 4.82. The quantitative estimate of drug-likeness (QED) is 0.747. The zero-order valence-corrected chi connectivity index (χ0v) is 13.0. The van der Waals surface area contributed by atoms with Crippen molar-refractivity contribution in [3.05, 3.63) is 46.6 Å². The number of aromatic nitrogens is 2. The Morgan fingerprint density at radius 3 is 2.57 bits per heavy atom. The van der Waals surface area contributed by atoms with Gasteiger partial charge in [-0.15, -0.1) is 0 Å². The van der Waals surface area contributed by atoms with E-state index in [4.69, 9.17) is 5.73 Å². The molecule has 2 aromatic rings. The molecule has 0 bridgehead atoms. The lowest BCUT2D eigenvalue weighted by molar-refractivity contribution is 0.575. The molecule has 7 heteroatoms. The van der Waals surface area contributed by atoms with E-state index in [2.05, 4.69) is 14.9 Å². The Labute approximate surface area is 124 Å². The van der Waals surface area contributed by atoms with E-state index >= 15 is 0 Å². The fourth-order valence-electron chi connectivity index (χ4n) is 2.21. The maximum atomic E-state index is 12.3. The molecule has 0 aliphatic heterocycles. The summed E-state index contributed by atoms with van der Waals surface area (Å²) in [4.78, 5) is 0. The Morgan fingerprint density at radius 2 is 1.95 bits per heavy atom. The van der Waals surface area contributed by atoms with Gasteiger partial charge >= 0.3 is 0 Å². The van der Waals surface area contributed by atoms with Gasteiger partial charge in [0.1, 0.15) is 0 Å². The summed E-state index contributed by atoms with van der Waals surface area (Å²) in [5.74, 6) is 0. The minimum atomic E-state index is -3.68. The van der Waals surface area contributed by atoms with Gasteiger partial charge < -0.3 is 5.73 Å². The second kappa shape index (κ2) is 6.38. The zero-order chi connectivity index (χ0) is 15.5. The third kappa shape index (κ3) is 3.31. The molecule has 0 spiro atoms. The first-order chi connectivity index (χ1) is 9.99. The Balaban J connectivity index is 2.22. The van der Waals surface area contributed by atoms with Gasteiger partial charge in [-0.3, -0.25) is 5.10 Å². The summed E-state index contributed by atoms with van der Waals surface area (Å²) in [5.41, 5.74) is 8.87. The normalized spacial score (nSPS) is 11.8. The van der Waals surface area contributed by atoms with Crippen molar-refractivity contribution in [1.82, 2.24) is 14.9 Å². The molecule has 1 aromatic heterocycles. The fourth-order valence-corrected chi connectivity index (χ4v) is 3.42. The maximum Gasteiger partial charge on any atom is 0.260 e. The van der Waals surface area contributed by atoms with Gasteiger partial charge in [-0.2, -0.15) is 5.10 Å². The van der Waals surface area contributed by atoms with Gasteiger partial charge in [0.25, 0.3) is 10.0 Å². The summed E-state index contributed by atoms with van der Waals surface area (Å²) < 4.78 is 27.3. The number of sulfonamides is 1. The summed E-state index contributed by atoms with van der Waals surface area (Å²) in [6.45, 7) is 4.16. The Bertz CT molecular complexity index is 722. The lowest BCUT2D eigenvalue weighted by Gasteiger charge is -2.09. The van der Waals surface area contributed by atoms with Gasteiger partial charge in [-0.05, 0) is 24.5 Å². The van der Waals surface area contributed by atoms with E-state index in [0.717, 1.165) is 17.5 Å². The summed E-state index contributed by atoms with van der Waals surface area (Å²) in [6, 6.07) is 7.75. The number of nitrogens with one attached hydrogen (secondary N) is 2. The molecule has 0 radical (unpaired) electrons. The van der Waals surface area contributed by atoms with Crippen molar-refractivity contribution in [2.45, 2.75) is 38.4 Å². The van der Waals surface area contributed by atoms with Crippen LogP contribution in [0.25, 0.3) is 0 Å². The van der Waals surface area contributed by atoms with Gasteiger partial charge in [-0.1, -0.05) is 31.2 Å². The van der Waals surface area contributed by atoms with Crippen LogP contribution in [0.2, 0.25) is 0 Å². The van der Waals surface area contributed by atoms with Gasteiger partial charge in [0.05, 0.1) is 0 Å². The molecule has 0 unspecified atom stereocenters. The molecule has 0 amide bonds. The summed E-state index contributed by atoms with van der Waals surface area (Å²) in [5, 5.41) is 6.51. The van der Waals surface area contributed by atoms with Crippen LogP contribution < -0.4 is 10.5 Å². The first-order valence-corrected chi connectivity index (χ1v) is 8.28. The number of H-pyrrole nitrogens is 1. The van der Waals surface area contributed by atoms with Crippen molar-refractivity contribution in [2.24, 2.45) is 5.73 Å². The minimum absolute atomic E-state index is 0.0171. The molecule has 2 rings (SSSR count). The first kappa shape index (κ1) is 15.7. The van der Waals surface area contributed by atoms with Crippen LogP contribution >= 0.6 is 0 Å². The highest BCUT2D eigenvalue weighted by molar-refractivity contribution is 7.89. The number of benzene rings is 1. The number of aryl methyl sites for hydroxylation is 2. The third-order valence-electron chi connectivity index (χ3n) is 3.45. The number of rotatable bonds is 6. The largest absolute Gasteiger partial charge is 0.326 e. The zero-order valence-electron chi connectivity index (χ0n) is 12.2. The second-order valence-corrected chi connectivity index (χ2v) is 6.47. The van der Waals surface area contributed by atoms with Crippen molar-refractivity contribution in [3.8, 4) is 0 Å². The first-order valence-electron chi connectivity index (χ1n) is 6.80. The highest BCUT2D eigenvalue weighted by Crippen LogP contribution is 2.16. The van der Waals surface area contributed by atoms with Crippen molar-refractivity contribution in [2.75, 3.05) is 0 Å². The van der Waals surface area contributed by atoms with Gasteiger partial charge in [0.15, 0.2) is 5.03 Å². The van der Waals surface area contributed by atoms with Crippen molar-refractivity contribution < 1.29 is 8.42 Å². The van der Waals surface area contributed by atoms with Crippen LogP contribution in [-0.2, 0) is 29.5 Å². The lowest BCUT2D eigenvalue weighted by atomic mass is 10.1. The Hall–Kier alpha value is -1.70. The Kier molecular flexibility index (Phi) is 4.76. The minimum Gasteiger partial charge on any atom is -0.326 e. The molecule has 0 atom stereocenters. The van der Waals surface area contributed by atoms with E-state index in [9.17, 15) is 8.42 Å². The molecular formula is C14H20N4O2S. The van der Waals surface area contributed by atoms with Crippen LogP contribution in [0, 0.1) is 6.92 Å². The van der Waals surface area contributed by atoms with Crippen LogP contribution in [-0.4, -0.2) is 18.6 Å². The van der Waals surface area contributed by atoms with Gasteiger partial charge in [-0.25, -0.2) is 13.1 Å². The second-order valence-electron chi connectivity index (χ2n) is 4.78. The van der Waals surface area contributed by atoms with E-state index in [-0.39, 0.29) is 18.1 Å². The molecule has 0 aliphatic carbocycles. The van der Waals surface area contributed by atoms with Crippen LogP contribution in [0.1, 0.15) is 29.3 Å². The van der Waals surface area contributed by atoms with E-state index in [1.807, 2.05) is 31.2 Å². The number of nitrogens with two attached hydrogens (primary N) is 1.